The number of carboxylic acid groups (broad SMARTS) is 1. The van der Waals surface area contributed by atoms with Crippen molar-refractivity contribution in [3.05, 3.63) is 59.9 Å². The lowest BCUT2D eigenvalue weighted by molar-refractivity contribution is -0.137. The van der Waals surface area contributed by atoms with Gasteiger partial charge in [0.25, 0.3) is 0 Å². The number of ether oxygens (including phenoxy) is 1. The third-order valence-corrected chi connectivity index (χ3v) is 5.71. The predicted octanol–water partition coefficient (Wildman–Crippen LogP) is 3.84. The number of carboxylic acids is 1. The first-order valence-electron chi connectivity index (χ1n) is 10.6. The smallest absolute Gasteiger partial charge is 0.303 e. The molecule has 160 valence electrons. The van der Waals surface area contributed by atoms with E-state index in [2.05, 4.69) is 17.1 Å². The van der Waals surface area contributed by atoms with Crippen LogP contribution in [0.25, 0.3) is 0 Å². The molecule has 1 saturated carbocycles. The van der Waals surface area contributed by atoms with Crippen molar-refractivity contribution in [2.75, 3.05) is 20.2 Å². The second-order valence-electron chi connectivity index (χ2n) is 7.90. The third kappa shape index (κ3) is 5.59. The topological polar surface area (TPSA) is 79.7 Å². The molecule has 1 aromatic carbocycles. The van der Waals surface area contributed by atoms with Gasteiger partial charge >= 0.3 is 5.97 Å². The van der Waals surface area contributed by atoms with Crippen LogP contribution in [0.5, 0.6) is 5.75 Å². The molecular weight excluding hydrogens is 380 g/mol. The van der Waals surface area contributed by atoms with E-state index >= 15 is 0 Å². The van der Waals surface area contributed by atoms with Crippen molar-refractivity contribution in [3.63, 3.8) is 0 Å². The molecular formula is C24H30N2O4. The molecule has 1 aliphatic rings. The molecule has 0 unspecified atom stereocenters. The molecule has 0 bridgehead atoms. The van der Waals surface area contributed by atoms with Crippen molar-refractivity contribution in [2.24, 2.45) is 0 Å². The minimum atomic E-state index is -0.793. The monoisotopic (exact) mass is 410 g/mol. The van der Waals surface area contributed by atoms with Gasteiger partial charge in [-0.25, -0.2) is 0 Å². The van der Waals surface area contributed by atoms with Crippen LogP contribution in [0.3, 0.4) is 0 Å². The molecule has 6 nitrogen and oxygen atoms in total. The van der Waals surface area contributed by atoms with Gasteiger partial charge in [0, 0.05) is 19.5 Å². The third-order valence-electron chi connectivity index (χ3n) is 5.71. The van der Waals surface area contributed by atoms with Crippen LogP contribution in [0.2, 0.25) is 0 Å². The molecule has 0 atom stereocenters. The van der Waals surface area contributed by atoms with Crippen LogP contribution < -0.4 is 4.74 Å². The number of hydrogen-bond donors (Lipinski definition) is 1. The van der Waals surface area contributed by atoms with Crippen molar-refractivity contribution in [3.8, 4) is 5.75 Å². The molecule has 0 aliphatic heterocycles. The molecule has 0 spiro atoms. The summed E-state index contributed by atoms with van der Waals surface area (Å²) in [6.45, 7) is 1.25. The number of aryl methyl sites for hydroxylation is 1. The van der Waals surface area contributed by atoms with E-state index in [4.69, 9.17) is 9.84 Å². The van der Waals surface area contributed by atoms with Crippen molar-refractivity contribution < 1.29 is 19.4 Å². The summed E-state index contributed by atoms with van der Waals surface area (Å²) in [5, 5.41) is 8.89. The molecule has 1 aliphatic carbocycles. The maximum atomic E-state index is 13.5. The number of pyridine rings is 1. The van der Waals surface area contributed by atoms with Gasteiger partial charge in [-0.2, -0.15) is 0 Å². The van der Waals surface area contributed by atoms with Gasteiger partial charge in [-0.15, -0.1) is 0 Å². The Bertz CT molecular complexity index is 832. The van der Waals surface area contributed by atoms with Gasteiger partial charge in [0.2, 0.25) is 5.91 Å². The Morgan fingerprint density at radius 1 is 1.07 bits per heavy atom. The Morgan fingerprint density at radius 2 is 1.80 bits per heavy atom. The molecule has 1 aromatic heterocycles. The second-order valence-corrected chi connectivity index (χ2v) is 7.90. The second kappa shape index (κ2) is 10.2. The summed E-state index contributed by atoms with van der Waals surface area (Å²) >= 11 is 0. The van der Waals surface area contributed by atoms with Crippen LogP contribution in [0.15, 0.2) is 48.7 Å². The maximum absolute atomic E-state index is 13.5. The normalized spacial score (nSPS) is 14.2. The fourth-order valence-corrected chi connectivity index (χ4v) is 3.80. The van der Waals surface area contributed by atoms with E-state index in [1.54, 1.807) is 13.3 Å². The van der Waals surface area contributed by atoms with E-state index in [1.807, 2.05) is 35.2 Å². The first-order chi connectivity index (χ1) is 14.5. The summed E-state index contributed by atoms with van der Waals surface area (Å²) in [5.74, 6) is -0.00279. The zero-order valence-electron chi connectivity index (χ0n) is 17.5. The Morgan fingerprint density at radius 3 is 2.40 bits per heavy atom. The first kappa shape index (κ1) is 21.8. The van der Waals surface area contributed by atoms with E-state index in [0.29, 0.717) is 31.7 Å². The lowest BCUT2D eigenvalue weighted by atomic mass is 9.98. The Balaban J connectivity index is 1.65. The number of aliphatic carboxylic acids is 1. The number of aromatic nitrogens is 1. The molecule has 1 N–H and O–H groups in total. The summed E-state index contributed by atoms with van der Waals surface area (Å²) in [6.07, 6.45) is 6.45. The van der Waals surface area contributed by atoms with Crippen LogP contribution in [-0.2, 0) is 21.4 Å². The fraction of sp³-hybridized carbons (Fsp3) is 0.458. The fourth-order valence-electron chi connectivity index (χ4n) is 3.80. The number of rotatable bonds is 12. The number of carbonyl (C=O) groups excluding carboxylic acids is 1. The number of methoxy groups -OCH3 is 1. The SMILES string of the molecule is COc1ccc(C2(C(=O)N(CCCCC(=O)O)CCCc3ccccc3)CC2)nc1. The molecule has 2 aromatic rings. The highest BCUT2D eigenvalue weighted by Crippen LogP contribution is 2.49. The van der Waals surface area contributed by atoms with Crippen molar-refractivity contribution in [2.45, 2.75) is 50.4 Å². The molecule has 0 radical (unpaired) electrons. The quantitative estimate of drug-likeness (QED) is 0.538. The van der Waals surface area contributed by atoms with Crippen LogP contribution in [0.4, 0.5) is 0 Å². The van der Waals surface area contributed by atoms with E-state index < -0.39 is 11.4 Å². The molecule has 1 heterocycles. The van der Waals surface area contributed by atoms with Crippen LogP contribution in [0.1, 0.15) is 49.8 Å². The van der Waals surface area contributed by atoms with Gasteiger partial charge in [0.05, 0.1) is 24.4 Å². The van der Waals surface area contributed by atoms with Crippen molar-refractivity contribution in [1.82, 2.24) is 9.88 Å². The van der Waals surface area contributed by atoms with Crippen LogP contribution in [0, 0.1) is 0 Å². The first-order valence-corrected chi connectivity index (χ1v) is 10.6. The molecule has 1 fully saturated rings. The summed E-state index contributed by atoms with van der Waals surface area (Å²) in [7, 11) is 1.60. The Labute approximate surface area is 177 Å². The lowest BCUT2D eigenvalue weighted by Gasteiger charge is -2.27. The zero-order valence-corrected chi connectivity index (χ0v) is 17.5. The Kier molecular flexibility index (Phi) is 7.44. The largest absolute Gasteiger partial charge is 0.495 e. The van der Waals surface area contributed by atoms with Crippen molar-refractivity contribution >= 4 is 11.9 Å². The van der Waals surface area contributed by atoms with Gasteiger partial charge < -0.3 is 14.7 Å². The summed E-state index contributed by atoms with van der Waals surface area (Å²) in [6, 6.07) is 14.0. The van der Waals surface area contributed by atoms with Gasteiger partial charge in [-0.3, -0.25) is 14.6 Å². The van der Waals surface area contributed by atoms with Crippen LogP contribution >= 0.6 is 0 Å². The Hall–Kier alpha value is -2.89. The van der Waals surface area contributed by atoms with E-state index in [1.165, 1.54) is 5.56 Å². The molecule has 1 amide bonds. The standard InChI is InChI=1S/C24H30N2O4/c1-30-20-12-13-21(25-18-20)24(14-15-24)23(29)26(16-6-5-11-22(27)28)17-7-10-19-8-3-2-4-9-19/h2-4,8-9,12-13,18H,5-7,10-11,14-17H2,1H3,(H,27,28). The van der Waals surface area contributed by atoms with Gasteiger partial charge in [0.1, 0.15) is 5.75 Å². The number of nitrogens with zero attached hydrogens (tertiary/aromatic N) is 2. The summed E-state index contributed by atoms with van der Waals surface area (Å²) < 4.78 is 5.18. The summed E-state index contributed by atoms with van der Waals surface area (Å²) in [5.41, 5.74) is 1.52. The zero-order chi connectivity index (χ0) is 21.4. The average Bonchev–Trinajstić information content (AvgIpc) is 3.57. The predicted molar refractivity (Wildman–Crippen MR) is 115 cm³/mol. The van der Waals surface area contributed by atoms with E-state index in [-0.39, 0.29) is 12.3 Å². The molecule has 6 heteroatoms. The highest BCUT2D eigenvalue weighted by Gasteiger charge is 2.54. The molecule has 3 rings (SSSR count). The number of benzene rings is 1. The number of carbonyl (C=O) groups is 2. The van der Waals surface area contributed by atoms with Crippen LogP contribution in [-0.4, -0.2) is 47.1 Å². The summed E-state index contributed by atoms with van der Waals surface area (Å²) in [4.78, 5) is 30.7. The van der Waals surface area contributed by atoms with Gasteiger partial charge in [-0.1, -0.05) is 30.3 Å². The number of amides is 1. The van der Waals surface area contributed by atoms with E-state index in [0.717, 1.165) is 31.4 Å². The average molecular weight is 411 g/mol. The van der Waals surface area contributed by atoms with Gasteiger partial charge in [-0.05, 0) is 56.2 Å². The highest BCUT2D eigenvalue weighted by atomic mass is 16.5. The lowest BCUT2D eigenvalue weighted by Crippen LogP contribution is -2.41. The van der Waals surface area contributed by atoms with Crippen molar-refractivity contribution in [1.29, 1.82) is 0 Å². The highest BCUT2D eigenvalue weighted by molar-refractivity contribution is 5.90. The van der Waals surface area contributed by atoms with E-state index in [9.17, 15) is 9.59 Å². The molecule has 0 saturated heterocycles. The van der Waals surface area contributed by atoms with Gasteiger partial charge in [0.15, 0.2) is 0 Å². The molecule has 30 heavy (non-hydrogen) atoms. The minimum Gasteiger partial charge on any atom is -0.495 e. The number of unbranched alkanes of at least 4 members (excludes halogenated alkanes) is 1. The maximum Gasteiger partial charge on any atom is 0.303 e. The minimum absolute atomic E-state index is 0.114. The number of hydrogen-bond acceptors (Lipinski definition) is 4.